The van der Waals surface area contributed by atoms with Crippen molar-refractivity contribution in [3.05, 3.63) is 100 Å². The van der Waals surface area contributed by atoms with Gasteiger partial charge in [-0.2, -0.15) is 0 Å². The number of rotatable bonds is 6. The highest BCUT2D eigenvalue weighted by Crippen LogP contribution is 2.61. The van der Waals surface area contributed by atoms with Crippen LogP contribution in [-0.2, 0) is 12.8 Å². The third kappa shape index (κ3) is 3.17. The molecule has 5 heteroatoms. The molecule has 2 saturated carbocycles. The molecule has 0 spiro atoms. The van der Waals surface area contributed by atoms with Crippen LogP contribution < -0.4 is 10.6 Å². The van der Waals surface area contributed by atoms with Crippen molar-refractivity contribution >= 4 is 11.8 Å². The van der Waals surface area contributed by atoms with E-state index in [-0.39, 0.29) is 11.8 Å². The van der Waals surface area contributed by atoms with E-state index < -0.39 is 0 Å². The predicted molar refractivity (Wildman–Crippen MR) is 129 cm³/mol. The van der Waals surface area contributed by atoms with Gasteiger partial charge in [0, 0.05) is 25.5 Å². The quantitative estimate of drug-likeness (QED) is 0.603. The summed E-state index contributed by atoms with van der Waals surface area (Å²) in [4.78, 5) is 29.7. The second kappa shape index (κ2) is 7.52. The van der Waals surface area contributed by atoms with Gasteiger partial charge < -0.3 is 10.6 Å². The van der Waals surface area contributed by atoms with Gasteiger partial charge in [0.2, 0.25) is 0 Å². The van der Waals surface area contributed by atoms with E-state index in [2.05, 4.69) is 64.1 Å². The highest BCUT2D eigenvalue weighted by atomic mass is 16.2. The van der Waals surface area contributed by atoms with E-state index >= 15 is 0 Å². The maximum atomic E-state index is 12.8. The van der Waals surface area contributed by atoms with Gasteiger partial charge in [0.05, 0.1) is 11.1 Å². The van der Waals surface area contributed by atoms with Crippen LogP contribution in [0.5, 0.6) is 0 Å². The lowest BCUT2D eigenvalue weighted by Gasteiger charge is -2.10. The van der Waals surface area contributed by atoms with Crippen LogP contribution >= 0.6 is 0 Å². The van der Waals surface area contributed by atoms with Gasteiger partial charge in [0.1, 0.15) is 0 Å². The Balaban J connectivity index is 0.935. The fourth-order valence-corrected chi connectivity index (χ4v) is 6.84. The van der Waals surface area contributed by atoms with Crippen molar-refractivity contribution in [1.82, 2.24) is 15.6 Å². The van der Waals surface area contributed by atoms with Crippen molar-refractivity contribution in [2.45, 2.75) is 24.7 Å². The molecule has 6 unspecified atom stereocenters. The van der Waals surface area contributed by atoms with Crippen molar-refractivity contribution in [2.75, 3.05) is 13.1 Å². The lowest BCUT2D eigenvalue weighted by Crippen LogP contribution is -2.29. The van der Waals surface area contributed by atoms with Gasteiger partial charge in [0.25, 0.3) is 11.8 Å². The van der Waals surface area contributed by atoms with Gasteiger partial charge in [0.15, 0.2) is 0 Å². The van der Waals surface area contributed by atoms with Gasteiger partial charge in [-0.05, 0) is 76.7 Å². The molecule has 1 aromatic heterocycles. The van der Waals surface area contributed by atoms with Crippen LogP contribution in [0.2, 0.25) is 0 Å². The standard InChI is InChI=1S/C29H27N3O2/c33-28(31-14-24-22-10-16-5-1-3-7-20(16)26(22)24)18-9-19(13-30-12-18)29(34)32-15-25-23-11-17-6-2-4-8-21(17)27(23)25/h1-9,12-13,22-27H,10-11,14-15H2,(H,31,33)(H,32,34). The first kappa shape index (κ1) is 20.0. The van der Waals surface area contributed by atoms with Crippen LogP contribution in [0.1, 0.15) is 54.8 Å². The SMILES string of the molecule is O=C(NCC1C2Cc3ccccc3C12)c1cncc(C(=O)NCC2C3Cc4ccccc4C23)c1. The van der Waals surface area contributed by atoms with E-state index in [0.717, 1.165) is 12.8 Å². The number of carbonyl (C=O) groups is 2. The Morgan fingerprint density at radius 1 is 0.735 bits per heavy atom. The molecular formula is C29H27N3O2. The monoisotopic (exact) mass is 449 g/mol. The molecule has 2 amide bonds. The lowest BCUT2D eigenvalue weighted by molar-refractivity contribution is 0.0950. The zero-order valence-corrected chi connectivity index (χ0v) is 18.9. The zero-order valence-electron chi connectivity index (χ0n) is 18.9. The summed E-state index contributed by atoms with van der Waals surface area (Å²) in [6.45, 7) is 1.34. The van der Waals surface area contributed by atoms with Crippen LogP contribution in [-0.4, -0.2) is 29.9 Å². The Hall–Kier alpha value is -3.47. The van der Waals surface area contributed by atoms with Gasteiger partial charge in [-0.1, -0.05) is 48.5 Å². The fraction of sp³-hybridized carbons (Fsp3) is 0.345. The molecule has 2 fully saturated rings. The Morgan fingerprint density at radius 3 is 1.71 bits per heavy atom. The van der Waals surface area contributed by atoms with Gasteiger partial charge in [-0.3, -0.25) is 14.6 Å². The number of nitrogens with zero attached hydrogens (tertiary/aromatic N) is 1. The van der Waals surface area contributed by atoms with Crippen molar-refractivity contribution in [2.24, 2.45) is 23.7 Å². The molecule has 4 aliphatic rings. The van der Waals surface area contributed by atoms with Crippen molar-refractivity contribution < 1.29 is 9.59 Å². The molecule has 2 aromatic carbocycles. The molecule has 4 aliphatic carbocycles. The Labute approximate surface area is 199 Å². The first-order chi connectivity index (χ1) is 16.7. The number of carbonyl (C=O) groups excluding carboxylic acids is 2. The summed E-state index contributed by atoms with van der Waals surface area (Å²) in [5.74, 6) is 3.19. The second-order valence-electron chi connectivity index (χ2n) is 10.4. The van der Waals surface area contributed by atoms with Crippen LogP contribution in [0.4, 0.5) is 0 Å². The summed E-state index contributed by atoms with van der Waals surface area (Å²) in [6, 6.07) is 18.9. The maximum absolute atomic E-state index is 12.8. The van der Waals surface area contributed by atoms with Gasteiger partial charge in [-0.15, -0.1) is 0 Å². The number of hydrogen-bond acceptors (Lipinski definition) is 3. The minimum atomic E-state index is -0.159. The first-order valence-corrected chi connectivity index (χ1v) is 12.4. The summed E-state index contributed by atoms with van der Waals surface area (Å²) in [5, 5.41) is 6.14. The number of fused-ring (bicyclic) bond motifs is 6. The van der Waals surface area contributed by atoms with Crippen LogP contribution in [0.15, 0.2) is 67.0 Å². The molecule has 6 atom stereocenters. The Morgan fingerprint density at radius 2 is 1.21 bits per heavy atom. The third-order valence-corrected chi connectivity index (χ3v) is 8.66. The average Bonchev–Trinajstić information content (AvgIpc) is 3.63. The average molecular weight is 450 g/mol. The normalized spacial score (nSPS) is 28.8. The second-order valence-corrected chi connectivity index (χ2v) is 10.4. The number of pyridine rings is 1. The number of nitrogens with one attached hydrogen (secondary N) is 2. The van der Waals surface area contributed by atoms with E-state index in [9.17, 15) is 9.59 Å². The lowest BCUT2D eigenvalue weighted by atomic mass is 10.0. The molecule has 7 rings (SSSR count). The molecule has 1 heterocycles. The summed E-state index contributed by atoms with van der Waals surface area (Å²) in [6.07, 6.45) is 5.31. The predicted octanol–water partition coefficient (Wildman–Crippen LogP) is 3.71. The highest BCUT2D eigenvalue weighted by Gasteiger charge is 2.55. The van der Waals surface area contributed by atoms with Crippen molar-refractivity contribution in [3.63, 3.8) is 0 Å². The minimum Gasteiger partial charge on any atom is -0.352 e. The Bertz CT molecular complexity index is 1220. The molecule has 0 saturated heterocycles. The number of hydrogen-bond donors (Lipinski definition) is 2. The topological polar surface area (TPSA) is 71.1 Å². The van der Waals surface area contributed by atoms with Crippen LogP contribution in [0.25, 0.3) is 0 Å². The number of amides is 2. The summed E-state index contributed by atoms with van der Waals surface area (Å²) in [5.41, 5.74) is 6.71. The molecular weight excluding hydrogens is 422 g/mol. The molecule has 170 valence electrons. The third-order valence-electron chi connectivity index (χ3n) is 8.66. The largest absolute Gasteiger partial charge is 0.352 e. The van der Waals surface area contributed by atoms with E-state index in [1.807, 2.05) is 0 Å². The maximum Gasteiger partial charge on any atom is 0.252 e. The zero-order chi connectivity index (χ0) is 22.8. The minimum absolute atomic E-state index is 0.159. The fourth-order valence-electron chi connectivity index (χ4n) is 6.84. The first-order valence-electron chi connectivity index (χ1n) is 12.4. The van der Waals surface area contributed by atoms with Crippen LogP contribution in [0.3, 0.4) is 0 Å². The molecule has 0 bridgehead atoms. The van der Waals surface area contributed by atoms with Crippen molar-refractivity contribution in [3.8, 4) is 0 Å². The van der Waals surface area contributed by atoms with E-state index in [0.29, 0.717) is 59.7 Å². The molecule has 5 nitrogen and oxygen atoms in total. The van der Waals surface area contributed by atoms with Gasteiger partial charge >= 0.3 is 0 Å². The van der Waals surface area contributed by atoms with Crippen molar-refractivity contribution in [1.29, 1.82) is 0 Å². The molecule has 3 aromatic rings. The van der Waals surface area contributed by atoms with E-state index in [4.69, 9.17) is 0 Å². The summed E-state index contributed by atoms with van der Waals surface area (Å²) >= 11 is 0. The van der Waals surface area contributed by atoms with Gasteiger partial charge in [-0.25, -0.2) is 0 Å². The molecule has 2 N–H and O–H groups in total. The molecule has 34 heavy (non-hydrogen) atoms. The highest BCUT2D eigenvalue weighted by molar-refractivity contribution is 5.99. The Kier molecular flexibility index (Phi) is 4.41. The summed E-state index contributed by atoms with van der Waals surface area (Å²) in [7, 11) is 0. The smallest absolute Gasteiger partial charge is 0.252 e. The number of benzene rings is 2. The van der Waals surface area contributed by atoms with E-state index in [1.165, 1.54) is 34.6 Å². The van der Waals surface area contributed by atoms with Crippen LogP contribution in [0, 0.1) is 23.7 Å². The molecule has 0 radical (unpaired) electrons. The molecule has 0 aliphatic heterocycles. The summed E-state index contributed by atoms with van der Waals surface area (Å²) < 4.78 is 0. The van der Waals surface area contributed by atoms with E-state index in [1.54, 1.807) is 6.07 Å². The number of aromatic nitrogens is 1.